The molecule has 16 heavy (non-hydrogen) atoms. The summed E-state index contributed by atoms with van der Waals surface area (Å²) in [5.74, 6) is -0.211. The van der Waals surface area contributed by atoms with Crippen LogP contribution in [0.25, 0.3) is 0 Å². The van der Waals surface area contributed by atoms with Crippen molar-refractivity contribution >= 4 is 17.5 Å². The molecule has 0 fully saturated rings. The van der Waals surface area contributed by atoms with E-state index in [4.69, 9.17) is 15.9 Å². The van der Waals surface area contributed by atoms with E-state index in [0.29, 0.717) is 0 Å². The van der Waals surface area contributed by atoms with Gasteiger partial charge < -0.3 is 21.3 Å². The lowest BCUT2D eigenvalue weighted by molar-refractivity contribution is -0.384. The lowest BCUT2D eigenvalue weighted by Crippen LogP contribution is -2.24. The monoisotopic (exact) mass is 229 g/mol. The van der Waals surface area contributed by atoms with Crippen LogP contribution in [-0.4, -0.2) is 44.4 Å². The Morgan fingerprint density at radius 3 is 2.94 bits per heavy atom. The van der Waals surface area contributed by atoms with Gasteiger partial charge in [0.15, 0.2) is 0 Å². The highest BCUT2D eigenvalue weighted by Crippen LogP contribution is 2.20. The molecule has 0 spiro atoms. The van der Waals surface area contributed by atoms with Crippen molar-refractivity contribution in [2.75, 3.05) is 24.2 Å². The Kier molecular flexibility index (Phi) is 3.91. The Morgan fingerprint density at radius 2 is 2.38 bits per heavy atom. The fourth-order valence-electron chi connectivity index (χ4n) is 0.932. The standard InChI is InChI=1S/C7H11N5O4/c8-7-10-2-5(12(15)16)6(11-7)9-1-4(14)3-13/h2,4,13-14H,1,3H2,(H3,8,9,10,11). The van der Waals surface area contributed by atoms with Gasteiger partial charge in [-0.05, 0) is 0 Å². The lowest BCUT2D eigenvalue weighted by atomic mass is 10.3. The molecule has 9 nitrogen and oxygen atoms in total. The van der Waals surface area contributed by atoms with Gasteiger partial charge in [0, 0.05) is 6.54 Å². The lowest BCUT2D eigenvalue weighted by Gasteiger charge is -2.09. The number of aliphatic hydroxyl groups is 2. The molecule has 0 aliphatic carbocycles. The number of aromatic nitrogens is 2. The van der Waals surface area contributed by atoms with Crippen LogP contribution in [0.5, 0.6) is 0 Å². The topological polar surface area (TPSA) is 147 Å². The predicted molar refractivity (Wildman–Crippen MR) is 54.7 cm³/mol. The Morgan fingerprint density at radius 1 is 1.69 bits per heavy atom. The fourth-order valence-corrected chi connectivity index (χ4v) is 0.932. The maximum atomic E-state index is 10.6. The molecule has 1 aromatic heterocycles. The molecule has 1 aromatic rings. The van der Waals surface area contributed by atoms with Crippen LogP contribution in [0.3, 0.4) is 0 Å². The number of nitrogens with zero attached hydrogens (tertiary/aromatic N) is 3. The van der Waals surface area contributed by atoms with Gasteiger partial charge >= 0.3 is 5.69 Å². The maximum absolute atomic E-state index is 10.6. The Bertz CT molecular complexity index is 385. The summed E-state index contributed by atoms with van der Waals surface area (Å²) in [4.78, 5) is 17.0. The molecule has 0 aliphatic heterocycles. The van der Waals surface area contributed by atoms with Crippen LogP contribution in [0.15, 0.2) is 6.20 Å². The summed E-state index contributed by atoms with van der Waals surface area (Å²) in [6.07, 6.45) is -0.0634. The van der Waals surface area contributed by atoms with Crippen molar-refractivity contribution in [1.82, 2.24) is 9.97 Å². The van der Waals surface area contributed by atoms with Crippen LogP contribution in [0.4, 0.5) is 17.5 Å². The number of nitrogens with one attached hydrogen (secondary N) is 1. The van der Waals surface area contributed by atoms with E-state index in [2.05, 4.69) is 15.3 Å². The van der Waals surface area contributed by atoms with Crippen LogP contribution in [0.1, 0.15) is 0 Å². The SMILES string of the molecule is Nc1ncc([N+](=O)[O-])c(NCC(O)CO)n1. The molecule has 0 aromatic carbocycles. The van der Waals surface area contributed by atoms with Gasteiger partial charge in [-0.3, -0.25) is 10.1 Å². The highest BCUT2D eigenvalue weighted by Gasteiger charge is 2.17. The third kappa shape index (κ3) is 3.00. The van der Waals surface area contributed by atoms with Gasteiger partial charge in [0.1, 0.15) is 6.20 Å². The molecule has 88 valence electrons. The highest BCUT2D eigenvalue weighted by molar-refractivity contribution is 5.56. The molecule has 1 heterocycles. The zero-order valence-electron chi connectivity index (χ0n) is 8.20. The van der Waals surface area contributed by atoms with Gasteiger partial charge in [0.05, 0.1) is 17.6 Å². The second-order valence-electron chi connectivity index (χ2n) is 2.94. The molecule has 1 rings (SSSR count). The summed E-state index contributed by atoms with van der Waals surface area (Å²) in [5, 5.41) is 30.7. The minimum Gasteiger partial charge on any atom is -0.394 e. The zero-order valence-corrected chi connectivity index (χ0v) is 8.20. The number of nitrogens with two attached hydrogens (primary N) is 1. The molecule has 0 radical (unpaired) electrons. The Labute approximate surface area is 90.1 Å². The van der Waals surface area contributed by atoms with Crippen molar-refractivity contribution in [1.29, 1.82) is 0 Å². The van der Waals surface area contributed by atoms with E-state index < -0.39 is 17.6 Å². The number of nitro groups is 1. The average molecular weight is 229 g/mol. The molecule has 0 saturated heterocycles. The van der Waals surface area contributed by atoms with E-state index in [-0.39, 0.29) is 24.0 Å². The van der Waals surface area contributed by atoms with Gasteiger partial charge in [0.2, 0.25) is 11.8 Å². The first-order valence-electron chi connectivity index (χ1n) is 4.34. The van der Waals surface area contributed by atoms with Crippen molar-refractivity contribution in [3.05, 3.63) is 16.3 Å². The van der Waals surface area contributed by atoms with Crippen LogP contribution >= 0.6 is 0 Å². The Hall–Kier alpha value is -2.00. The van der Waals surface area contributed by atoms with Gasteiger partial charge in [0.25, 0.3) is 0 Å². The summed E-state index contributed by atoms with van der Waals surface area (Å²) < 4.78 is 0. The fraction of sp³-hybridized carbons (Fsp3) is 0.429. The summed E-state index contributed by atoms with van der Waals surface area (Å²) in [6.45, 7) is -0.533. The number of hydrogen-bond donors (Lipinski definition) is 4. The van der Waals surface area contributed by atoms with Crippen LogP contribution in [0.2, 0.25) is 0 Å². The van der Waals surface area contributed by atoms with Crippen LogP contribution < -0.4 is 11.1 Å². The molecule has 0 aliphatic rings. The molecule has 1 atom stereocenters. The van der Waals surface area contributed by atoms with Crippen molar-refractivity contribution in [2.24, 2.45) is 0 Å². The van der Waals surface area contributed by atoms with E-state index in [1.807, 2.05) is 0 Å². The number of anilines is 2. The predicted octanol–water partition coefficient (Wildman–Crippen LogP) is -1.27. The molecule has 0 saturated carbocycles. The number of hydrogen-bond acceptors (Lipinski definition) is 8. The van der Waals surface area contributed by atoms with E-state index in [1.165, 1.54) is 0 Å². The summed E-state index contributed by atoms with van der Waals surface area (Å²) >= 11 is 0. The van der Waals surface area contributed by atoms with E-state index in [1.54, 1.807) is 0 Å². The van der Waals surface area contributed by atoms with Crippen molar-refractivity contribution < 1.29 is 15.1 Å². The largest absolute Gasteiger partial charge is 0.394 e. The first kappa shape index (κ1) is 12.1. The number of rotatable bonds is 5. The molecule has 9 heteroatoms. The normalized spacial score (nSPS) is 12.1. The summed E-state index contributed by atoms with van der Waals surface area (Å²) in [7, 11) is 0. The van der Waals surface area contributed by atoms with Crippen LogP contribution in [-0.2, 0) is 0 Å². The molecule has 1 unspecified atom stereocenters. The van der Waals surface area contributed by atoms with E-state index in [0.717, 1.165) is 6.20 Å². The minimum atomic E-state index is -1.03. The van der Waals surface area contributed by atoms with E-state index in [9.17, 15) is 10.1 Å². The van der Waals surface area contributed by atoms with Crippen molar-refractivity contribution in [3.8, 4) is 0 Å². The minimum absolute atomic E-state index is 0.0756. The smallest absolute Gasteiger partial charge is 0.329 e. The molecule has 0 amide bonds. The first-order chi connectivity index (χ1) is 7.54. The first-order valence-corrected chi connectivity index (χ1v) is 4.34. The maximum Gasteiger partial charge on any atom is 0.329 e. The van der Waals surface area contributed by atoms with Gasteiger partial charge in [-0.2, -0.15) is 4.98 Å². The van der Waals surface area contributed by atoms with Gasteiger partial charge in [-0.15, -0.1) is 0 Å². The number of aliphatic hydroxyl groups excluding tert-OH is 2. The highest BCUT2D eigenvalue weighted by atomic mass is 16.6. The quantitative estimate of drug-likeness (QED) is 0.361. The Balaban J connectivity index is 2.84. The van der Waals surface area contributed by atoms with Gasteiger partial charge in [-0.25, -0.2) is 4.98 Å². The van der Waals surface area contributed by atoms with Crippen molar-refractivity contribution in [2.45, 2.75) is 6.10 Å². The van der Waals surface area contributed by atoms with Gasteiger partial charge in [-0.1, -0.05) is 0 Å². The van der Waals surface area contributed by atoms with Crippen molar-refractivity contribution in [3.63, 3.8) is 0 Å². The third-order valence-electron chi connectivity index (χ3n) is 1.70. The summed E-state index contributed by atoms with van der Waals surface area (Å²) in [5.41, 5.74) is 4.92. The second kappa shape index (κ2) is 5.19. The molecule has 0 bridgehead atoms. The summed E-state index contributed by atoms with van der Waals surface area (Å²) in [6, 6.07) is 0. The second-order valence-corrected chi connectivity index (χ2v) is 2.94. The molecular weight excluding hydrogens is 218 g/mol. The zero-order chi connectivity index (χ0) is 12.1. The van der Waals surface area contributed by atoms with E-state index >= 15 is 0 Å². The molecule has 5 N–H and O–H groups in total. The third-order valence-corrected chi connectivity index (χ3v) is 1.70. The average Bonchev–Trinajstić information content (AvgIpc) is 2.25. The number of nitrogen functional groups attached to an aromatic ring is 1. The molecular formula is C7H11N5O4. The van der Waals surface area contributed by atoms with Crippen LogP contribution in [0, 0.1) is 10.1 Å².